The highest BCUT2D eigenvalue weighted by Crippen LogP contribution is 2.47. The van der Waals surface area contributed by atoms with Crippen LogP contribution in [0.15, 0.2) is 45.5 Å². The van der Waals surface area contributed by atoms with E-state index < -0.39 is 0 Å². The molecule has 1 N–H and O–H groups in total. The molecule has 0 radical (unpaired) electrons. The second-order valence-corrected chi connectivity index (χ2v) is 7.79. The van der Waals surface area contributed by atoms with E-state index in [0.29, 0.717) is 12.0 Å². The zero-order valence-corrected chi connectivity index (χ0v) is 15.0. The van der Waals surface area contributed by atoms with E-state index in [1.165, 1.54) is 0 Å². The Labute approximate surface area is 144 Å². The molecule has 2 aliphatic rings. The fourth-order valence-corrected chi connectivity index (χ4v) is 3.99. The topological polar surface area (TPSA) is 65.8 Å². The Bertz CT molecular complexity index is 799. The Hall–Kier alpha value is -1.93. The summed E-state index contributed by atoms with van der Waals surface area (Å²) in [5.74, 6) is -0.199. The Morgan fingerprint density at radius 3 is 2.83 bits per heavy atom. The highest BCUT2D eigenvalue weighted by Gasteiger charge is 2.41. The molecule has 118 valence electrons. The van der Waals surface area contributed by atoms with Gasteiger partial charge in [-0.25, -0.2) is 0 Å². The first-order chi connectivity index (χ1) is 10.8. The normalized spacial score (nSPS) is 23.3. The first-order valence-electron chi connectivity index (χ1n) is 7.57. The van der Waals surface area contributed by atoms with E-state index in [1.54, 1.807) is 12.4 Å². The maximum absolute atomic E-state index is 12.8. The average molecular weight is 372 g/mol. The van der Waals surface area contributed by atoms with E-state index in [0.717, 1.165) is 33.4 Å². The van der Waals surface area contributed by atoms with E-state index in [1.807, 2.05) is 13.0 Å². The van der Waals surface area contributed by atoms with Crippen molar-refractivity contribution in [1.29, 1.82) is 5.26 Å². The molecule has 1 aliphatic heterocycles. The number of halogens is 1. The molecule has 0 saturated heterocycles. The minimum Gasteiger partial charge on any atom is -0.361 e. The van der Waals surface area contributed by atoms with Gasteiger partial charge in [0.05, 0.1) is 17.6 Å². The molecule has 0 saturated carbocycles. The number of Topliss-reactive ketones (excluding diaryl/α,β-unsaturated/α-hetero) is 1. The number of ketones is 1. The van der Waals surface area contributed by atoms with Crippen molar-refractivity contribution < 1.29 is 4.79 Å². The third-order valence-corrected chi connectivity index (χ3v) is 5.14. The van der Waals surface area contributed by atoms with Crippen LogP contribution in [0.2, 0.25) is 0 Å². The molecular formula is C18H18BrN3O. The molecule has 23 heavy (non-hydrogen) atoms. The molecule has 4 nitrogen and oxygen atoms in total. The van der Waals surface area contributed by atoms with Crippen LogP contribution in [-0.4, -0.2) is 10.8 Å². The van der Waals surface area contributed by atoms with E-state index in [-0.39, 0.29) is 17.1 Å². The second-order valence-electron chi connectivity index (χ2n) is 6.94. The van der Waals surface area contributed by atoms with Gasteiger partial charge in [-0.3, -0.25) is 9.78 Å². The number of carbonyl (C=O) groups is 1. The Balaban J connectivity index is 2.22. The summed E-state index contributed by atoms with van der Waals surface area (Å²) in [6.45, 7) is 6.11. The van der Waals surface area contributed by atoms with Gasteiger partial charge in [-0.15, -0.1) is 0 Å². The third kappa shape index (κ3) is 2.72. The number of hydrogen-bond donors (Lipinski definition) is 1. The van der Waals surface area contributed by atoms with Gasteiger partial charge in [0.25, 0.3) is 0 Å². The molecule has 0 aromatic carbocycles. The fraction of sp³-hybridized carbons (Fsp3) is 0.389. The lowest BCUT2D eigenvalue weighted by molar-refractivity contribution is -0.118. The van der Waals surface area contributed by atoms with Crippen molar-refractivity contribution in [2.24, 2.45) is 5.41 Å². The van der Waals surface area contributed by atoms with E-state index in [2.05, 4.69) is 46.1 Å². The molecule has 0 fully saturated rings. The number of dihydropyridines is 1. The highest BCUT2D eigenvalue weighted by atomic mass is 79.9. The number of hydrogen-bond acceptors (Lipinski definition) is 4. The van der Waals surface area contributed by atoms with Crippen LogP contribution >= 0.6 is 15.9 Å². The SMILES string of the molecule is CC1=C(C#N)C(c2ccncc2Br)C2=C(CC(C)(C)CC2=O)N1. The monoisotopic (exact) mass is 371 g/mol. The van der Waals surface area contributed by atoms with Gasteiger partial charge < -0.3 is 5.32 Å². The summed E-state index contributed by atoms with van der Waals surface area (Å²) < 4.78 is 0.817. The molecule has 0 spiro atoms. The summed E-state index contributed by atoms with van der Waals surface area (Å²) in [5, 5.41) is 13.0. The van der Waals surface area contributed by atoms with Gasteiger partial charge in [0.2, 0.25) is 0 Å². The first-order valence-corrected chi connectivity index (χ1v) is 8.37. The summed E-state index contributed by atoms with van der Waals surface area (Å²) in [5.41, 5.74) is 3.97. The Kier molecular flexibility index (Phi) is 3.89. The van der Waals surface area contributed by atoms with E-state index >= 15 is 0 Å². The summed E-state index contributed by atoms with van der Waals surface area (Å²) in [4.78, 5) is 16.9. The molecule has 0 amide bonds. The van der Waals surface area contributed by atoms with Crippen molar-refractivity contribution in [1.82, 2.24) is 10.3 Å². The third-order valence-electron chi connectivity index (χ3n) is 4.47. The number of rotatable bonds is 1. The lowest BCUT2D eigenvalue weighted by atomic mass is 9.69. The molecule has 1 unspecified atom stereocenters. The highest BCUT2D eigenvalue weighted by molar-refractivity contribution is 9.10. The van der Waals surface area contributed by atoms with Gasteiger partial charge in [-0.05, 0) is 46.3 Å². The van der Waals surface area contributed by atoms with Crippen LogP contribution in [0.5, 0.6) is 0 Å². The molecule has 3 rings (SSSR count). The average Bonchev–Trinajstić information content (AvgIpc) is 2.45. The Morgan fingerprint density at radius 2 is 2.17 bits per heavy atom. The number of nitrogens with zero attached hydrogens (tertiary/aromatic N) is 2. The Morgan fingerprint density at radius 1 is 1.43 bits per heavy atom. The number of pyridine rings is 1. The first kappa shape index (κ1) is 15.9. The van der Waals surface area contributed by atoms with Crippen LogP contribution < -0.4 is 5.32 Å². The van der Waals surface area contributed by atoms with Crippen LogP contribution in [0.4, 0.5) is 0 Å². The number of nitriles is 1. The number of aromatic nitrogens is 1. The minimum atomic E-state index is -0.322. The van der Waals surface area contributed by atoms with Gasteiger partial charge in [0, 0.05) is 40.3 Å². The fourth-order valence-electron chi connectivity index (χ4n) is 3.52. The molecule has 5 heteroatoms. The molecule has 0 bridgehead atoms. The quantitative estimate of drug-likeness (QED) is 0.810. The van der Waals surface area contributed by atoms with Gasteiger partial charge in [0.1, 0.15) is 0 Å². The molecule has 2 heterocycles. The van der Waals surface area contributed by atoms with Crippen LogP contribution in [0, 0.1) is 16.7 Å². The standard InChI is InChI=1S/C18H18BrN3O/c1-10-12(8-20)16(11-4-5-21-9-13(11)19)17-14(22-10)6-18(2,3)7-15(17)23/h4-5,9,16,22H,6-7H2,1-3H3. The van der Waals surface area contributed by atoms with Crippen molar-refractivity contribution in [3.63, 3.8) is 0 Å². The molecule has 1 atom stereocenters. The van der Waals surface area contributed by atoms with Crippen LogP contribution in [0.3, 0.4) is 0 Å². The van der Waals surface area contributed by atoms with Gasteiger partial charge in [-0.2, -0.15) is 5.26 Å². The smallest absolute Gasteiger partial charge is 0.162 e. The zero-order valence-electron chi connectivity index (χ0n) is 13.4. The van der Waals surface area contributed by atoms with Crippen molar-refractivity contribution in [3.8, 4) is 6.07 Å². The lowest BCUT2D eigenvalue weighted by Gasteiger charge is -2.38. The molecular weight excluding hydrogens is 354 g/mol. The van der Waals surface area contributed by atoms with Crippen molar-refractivity contribution in [2.45, 2.75) is 39.5 Å². The summed E-state index contributed by atoms with van der Waals surface area (Å²) in [7, 11) is 0. The van der Waals surface area contributed by atoms with Crippen LogP contribution in [0.25, 0.3) is 0 Å². The van der Waals surface area contributed by atoms with Crippen molar-refractivity contribution >= 4 is 21.7 Å². The van der Waals surface area contributed by atoms with Crippen LogP contribution in [-0.2, 0) is 4.79 Å². The zero-order chi connectivity index (χ0) is 16.8. The van der Waals surface area contributed by atoms with Gasteiger partial charge in [-0.1, -0.05) is 13.8 Å². The van der Waals surface area contributed by atoms with Crippen LogP contribution in [0.1, 0.15) is 45.1 Å². The maximum atomic E-state index is 12.8. The summed E-state index contributed by atoms with van der Waals surface area (Å²) >= 11 is 3.52. The lowest BCUT2D eigenvalue weighted by Crippen LogP contribution is -2.36. The number of allylic oxidation sites excluding steroid dienone is 4. The second kappa shape index (κ2) is 5.61. The molecule has 1 aromatic heterocycles. The predicted molar refractivity (Wildman–Crippen MR) is 91.2 cm³/mol. The largest absolute Gasteiger partial charge is 0.361 e. The van der Waals surface area contributed by atoms with E-state index in [9.17, 15) is 10.1 Å². The number of nitrogens with one attached hydrogen (secondary N) is 1. The minimum absolute atomic E-state index is 0.0621. The van der Waals surface area contributed by atoms with Gasteiger partial charge in [0.15, 0.2) is 5.78 Å². The van der Waals surface area contributed by atoms with Gasteiger partial charge >= 0.3 is 0 Å². The summed E-state index contributed by atoms with van der Waals surface area (Å²) in [6.07, 6.45) is 4.72. The van der Waals surface area contributed by atoms with Crippen molar-refractivity contribution in [2.75, 3.05) is 0 Å². The molecule has 1 aliphatic carbocycles. The predicted octanol–water partition coefficient (Wildman–Crippen LogP) is 3.97. The summed E-state index contributed by atoms with van der Waals surface area (Å²) in [6, 6.07) is 4.17. The van der Waals surface area contributed by atoms with E-state index in [4.69, 9.17) is 0 Å². The van der Waals surface area contributed by atoms with Crippen molar-refractivity contribution in [3.05, 3.63) is 51.0 Å². The molecule has 1 aromatic rings. The maximum Gasteiger partial charge on any atom is 0.162 e. The number of carbonyl (C=O) groups excluding carboxylic acids is 1.